The van der Waals surface area contributed by atoms with E-state index in [9.17, 15) is 32.3 Å². The highest BCUT2D eigenvalue weighted by molar-refractivity contribution is 6.30. The normalized spacial score (nSPS) is 23.5. The Morgan fingerprint density at radius 1 is 1.09 bits per heavy atom. The summed E-state index contributed by atoms with van der Waals surface area (Å²) in [6.45, 7) is 2.71. The summed E-state index contributed by atoms with van der Waals surface area (Å²) in [5.74, 6) is -2.02. The number of aliphatic hydroxyl groups is 1. The van der Waals surface area contributed by atoms with Crippen molar-refractivity contribution in [1.82, 2.24) is 4.90 Å². The summed E-state index contributed by atoms with van der Waals surface area (Å²) in [5, 5.41) is 10.6. The van der Waals surface area contributed by atoms with Crippen LogP contribution in [0.25, 0.3) is 0 Å². The standard InChI is InChI=1S/C24H23ClF4N2O3/c1-22(2,34)16-10-23(11-16)21(33)30(19-8-7-17(25)9-18(19)26)13-20(32)31(23)12-14-3-5-15(6-4-14)24(27,28)29/h3-9,16,34H,10-13H2,1-2H3/t16-,23+. The molecule has 2 aromatic rings. The smallest absolute Gasteiger partial charge is 0.390 e. The first kappa shape index (κ1) is 24.5. The number of carbonyl (C=O) groups excluding carboxylic acids is 2. The Balaban J connectivity index is 1.68. The number of piperazine rings is 1. The summed E-state index contributed by atoms with van der Waals surface area (Å²) < 4.78 is 53.4. The van der Waals surface area contributed by atoms with Crippen LogP contribution >= 0.6 is 11.6 Å². The average molecular weight is 499 g/mol. The van der Waals surface area contributed by atoms with E-state index in [0.717, 1.165) is 23.1 Å². The van der Waals surface area contributed by atoms with Crippen LogP contribution in [-0.4, -0.2) is 39.5 Å². The van der Waals surface area contributed by atoms with Crippen molar-refractivity contribution in [2.75, 3.05) is 11.4 Å². The maximum Gasteiger partial charge on any atom is 0.416 e. The topological polar surface area (TPSA) is 60.9 Å². The van der Waals surface area contributed by atoms with Gasteiger partial charge in [-0.2, -0.15) is 13.2 Å². The van der Waals surface area contributed by atoms with Gasteiger partial charge in [-0.1, -0.05) is 23.7 Å². The lowest BCUT2D eigenvalue weighted by Gasteiger charge is -2.59. The Bertz CT molecular complexity index is 1120. The zero-order chi connectivity index (χ0) is 25.1. The predicted molar refractivity (Wildman–Crippen MR) is 118 cm³/mol. The Morgan fingerprint density at radius 2 is 1.71 bits per heavy atom. The highest BCUT2D eigenvalue weighted by Crippen LogP contribution is 2.51. The van der Waals surface area contributed by atoms with E-state index in [2.05, 4.69) is 0 Å². The Hall–Kier alpha value is -2.65. The molecule has 1 N–H and O–H groups in total. The van der Waals surface area contributed by atoms with E-state index in [1.54, 1.807) is 13.8 Å². The molecule has 2 fully saturated rings. The molecule has 0 bridgehead atoms. The van der Waals surface area contributed by atoms with Crippen LogP contribution < -0.4 is 4.90 Å². The first-order chi connectivity index (χ1) is 15.7. The number of carbonyl (C=O) groups is 2. The number of benzene rings is 2. The number of hydrogen-bond donors (Lipinski definition) is 1. The van der Waals surface area contributed by atoms with Gasteiger partial charge < -0.3 is 10.0 Å². The van der Waals surface area contributed by atoms with Crippen LogP contribution in [0.4, 0.5) is 23.2 Å². The van der Waals surface area contributed by atoms with E-state index in [1.165, 1.54) is 29.2 Å². The number of rotatable bonds is 4. The Labute approximate surface area is 198 Å². The molecule has 1 aliphatic carbocycles. The van der Waals surface area contributed by atoms with Crippen LogP contribution in [0, 0.1) is 11.7 Å². The van der Waals surface area contributed by atoms with Gasteiger partial charge in [-0.05, 0) is 68.5 Å². The zero-order valence-electron chi connectivity index (χ0n) is 18.5. The second-order valence-electron chi connectivity index (χ2n) is 9.45. The first-order valence-electron chi connectivity index (χ1n) is 10.7. The summed E-state index contributed by atoms with van der Waals surface area (Å²) in [6, 6.07) is 8.18. The van der Waals surface area contributed by atoms with E-state index in [4.69, 9.17) is 11.6 Å². The maximum atomic E-state index is 14.6. The van der Waals surface area contributed by atoms with Crippen LogP contribution in [0.2, 0.25) is 5.02 Å². The minimum atomic E-state index is -4.49. The fourth-order valence-electron chi connectivity index (χ4n) is 4.66. The molecule has 34 heavy (non-hydrogen) atoms. The minimum Gasteiger partial charge on any atom is -0.390 e. The largest absolute Gasteiger partial charge is 0.416 e. The molecule has 1 saturated carbocycles. The van der Waals surface area contributed by atoms with Crippen LogP contribution in [0.1, 0.15) is 37.8 Å². The van der Waals surface area contributed by atoms with E-state index in [1.807, 2.05) is 0 Å². The van der Waals surface area contributed by atoms with Gasteiger partial charge in [0.15, 0.2) is 0 Å². The van der Waals surface area contributed by atoms with Gasteiger partial charge in [-0.15, -0.1) is 0 Å². The molecular weight excluding hydrogens is 476 g/mol. The van der Waals surface area contributed by atoms with Crippen LogP contribution in [0.5, 0.6) is 0 Å². The number of halogens is 5. The third kappa shape index (κ3) is 4.27. The van der Waals surface area contributed by atoms with Crippen LogP contribution in [0.15, 0.2) is 42.5 Å². The molecule has 0 aromatic heterocycles. The second-order valence-corrected chi connectivity index (χ2v) is 9.89. The minimum absolute atomic E-state index is 0.0805. The lowest BCUT2D eigenvalue weighted by atomic mass is 9.60. The lowest BCUT2D eigenvalue weighted by molar-refractivity contribution is -0.171. The van der Waals surface area contributed by atoms with Crippen molar-refractivity contribution >= 4 is 29.1 Å². The van der Waals surface area contributed by atoms with Crippen molar-refractivity contribution in [3.8, 4) is 0 Å². The molecule has 0 atom stereocenters. The highest BCUT2D eigenvalue weighted by Gasteiger charge is 2.62. The number of amides is 2. The molecule has 1 aliphatic heterocycles. The second kappa shape index (κ2) is 8.23. The van der Waals surface area contributed by atoms with Crippen molar-refractivity contribution < 1.29 is 32.3 Å². The van der Waals surface area contributed by atoms with Crippen molar-refractivity contribution in [2.45, 2.75) is 50.6 Å². The molecule has 4 rings (SSSR count). The van der Waals surface area contributed by atoms with Crippen LogP contribution in [0.3, 0.4) is 0 Å². The predicted octanol–water partition coefficient (Wildman–Crippen LogP) is 4.79. The van der Waals surface area contributed by atoms with Gasteiger partial charge in [0.25, 0.3) is 5.91 Å². The number of alkyl halides is 3. The summed E-state index contributed by atoms with van der Waals surface area (Å²) in [4.78, 5) is 29.3. The van der Waals surface area contributed by atoms with Crippen molar-refractivity contribution in [3.05, 3.63) is 64.4 Å². The van der Waals surface area contributed by atoms with Crippen molar-refractivity contribution in [2.24, 2.45) is 5.92 Å². The molecule has 2 amide bonds. The fourth-order valence-corrected chi connectivity index (χ4v) is 4.82. The van der Waals surface area contributed by atoms with Gasteiger partial charge in [0, 0.05) is 11.6 Å². The molecule has 2 aliphatic rings. The molecule has 2 aromatic carbocycles. The number of anilines is 1. The van der Waals surface area contributed by atoms with Crippen LogP contribution in [-0.2, 0) is 22.3 Å². The monoisotopic (exact) mass is 498 g/mol. The molecule has 182 valence electrons. The van der Waals surface area contributed by atoms with Gasteiger partial charge in [0.2, 0.25) is 5.91 Å². The van der Waals surface area contributed by atoms with Gasteiger partial charge in [-0.3, -0.25) is 14.5 Å². The van der Waals surface area contributed by atoms with Crippen molar-refractivity contribution in [3.63, 3.8) is 0 Å². The van der Waals surface area contributed by atoms with E-state index < -0.39 is 47.1 Å². The average Bonchev–Trinajstić information content (AvgIpc) is 2.68. The molecule has 1 spiro atoms. The summed E-state index contributed by atoms with van der Waals surface area (Å²) in [6.07, 6.45) is -4.20. The summed E-state index contributed by atoms with van der Waals surface area (Å²) in [7, 11) is 0. The molecule has 5 nitrogen and oxygen atoms in total. The third-order valence-corrected chi connectivity index (χ3v) is 6.98. The zero-order valence-corrected chi connectivity index (χ0v) is 19.3. The van der Waals surface area contributed by atoms with Gasteiger partial charge in [0.1, 0.15) is 17.9 Å². The fraction of sp³-hybridized carbons (Fsp3) is 0.417. The number of hydrogen-bond acceptors (Lipinski definition) is 3. The molecule has 10 heteroatoms. The third-order valence-electron chi connectivity index (χ3n) is 6.74. The highest BCUT2D eigenvalue weighted by atomic mass is 35.5. The lowest BCUT2D eigenvalue weighted by Crippen LogP contribution is -2.74. The van der Waals surface area contributed by atoms with Gasteiger partial charge >= 0.3 is 6.18 Å². The first-order valence-corrected chi connectivity index (χ1v) is 11.1. The maximum absolute atomic E-state index is 14.6. The van der Waals surface area contributed by atoms with Gasteiger partial charge in [-0.25, -0.2) is 4.39 Å². The van der Waals surface area contributed by atoms with E-state index in [0.29, 0.717) is 5.56 Å². The SMILES string of the molecule is CC(C)(O)[C@H]1C[C@@]2(C1)C(=O)N(c1ccc(Cl)cc1F)CC(=O)N2Cc1ccc(C(F)(F)F)cc1. The van der Waals surface area contributed by atoms with Crippen molar-refractivity contribution in [1.29, 1.82) is 0 Å². The Morgan fingerprint density at radius 3 is 2.24 bits per heavy atom. The van der Waals surface area contributed by atoms with E-state index >= 15 is 0 Å². The van der Waals surface area contributed by atoms with E-state index in [-0.39, 0.29) is 36.0 Å². The molecule has 1 saturated heterocycles. The summed E-state index contributed by atoms with van der Waals surface area (Å²) >= 11 is 5.82. The molecule has 1 heterocycles. The quantitative estimate of drug-likeness (QED) is 0.616. The molecular formula is C24H23ClF4N2O3. The molecule has 0 unspecified atom stereocenters. The number of nitrogens with zero attached hydrogens (tertiary/aromatic N) is 2. The molecule has 0 radical (unpaired) electrons. The summed E-state index contributed by atoms with van der Waals surface area (Å²) in [5.41, 5.74) is -2.92. The van der Waals surface area contributed by atoms with Gasteiger partial charge in [0.05, 0.1) is 16.9 Å². The Kier molecular flexibility index (Phi) is 5.93.